The molecule has 1 aliphatic heterocycles. The van der Waals surface area contributed by atoms with Gasteiger partial charge in [-0.2, -0.15) is 0 Å². The van der Waals surface area contributed by atoms with Crippen molar-refractivity contribution in [2.45, 2.75) is 18.9 Å². The maximum Gasteiger partial charge on any atom is 0.331 e. The average molecular weight is 186 g/mol. The third kappa shape index (κ3) is 3.71. The zero-order valence-corrected chi connectivity index (χ0v) is 6.90. The van der Waals surface area contributed by atoms with Crippen LogP contribution >= 0.6 is 0 Å². The zero-order chi connectivity index (χ0) is 9.84. The molecule has 0 aromatic carbocycles. The maximum absolute atomic E-state index is 10.5. The highest BCUT2D eigenvalue weighted by Crippen LogP contribution is 2.18. The van der Waals surface area contributed by atoms with Crippen molar-refractivity contribution in [1.29, 1.82) is 0 Å². The van der Waals surface area contributed by atoms with Gasteiger partial charge in [0.05, 0.1) is 12.7 Å². The number of hydrogen-bond donors (Lipinski definition) is 2. The molecule has 2 N–H and O–H groups in total. The SMILES string of the molecule is O=C(O)C=C(CCC1CO1)C(=O)O. The van der Waals surface area contributed by atoms with Crippen LogP contribution in [0.4, 0.5) is 0 Å². The van der Waals surface area contributed by atoms with Crippen LogP contribution in [-0.4, -0.2) is 34.9 Å². The molecule has 0 amide bonds. The summed E-state index contributed by atoms with van der Waals surface area (Å²) in [7, 11) is 0. The molecule has 72 valence electrons. The molecule has 5 heteroatoms. The first-order valence-corrected chi connectivity index (χ1v) is 3.88. The normalized spacial score (nSPS) is 21.2. The maximum atomic E-state index is 10.5. The molecular weight excluding hydrogens is 176 g/mol. The van der Waals surface area contributed by atoms with E-state index in [0.717, 1.165) is 6.08 Å². The molecule has 0 aliphatic carbocycles. The van der Waals surface area contributed by atoms with E-state index in [0.29, 0.717) is 13.0 Å². The van der Waals surface area contributed by atoms with E-state index in [9.17, 15) is 9.59 Å². The first kappa shape index (κ1) is 9.73. The van der Waals surface area contributed by atoms with Crippen LogP contribution in [0.1, 0.15) is 12.8 Å². The molecule has 13 heavy (non-hydrogen) atoms. The zero-order valence-electron chi connectivity index (χ0n) is 6.90. The predicted octanol–water partition coefficient (Wildman–Crippen LogP) is 0.261. The molecule has 0 aromatic heterocycles. The third-order valence-electron chi connectivity index (χ3n) is 1.71. The van der Waals surface area contributed by atoms with Gasteiger partial charge in [-0.05, 0) is 12.8 Å². The minimum Gasteiger partial charge on any atom is -0.478 e. The van der Waals surface area contributed by atoms with Crippen molar-refractivity contribution in [3.05, 3.63) is 11.6 Å². The summed E-state index contributed by atoms with van der Waals surface area (Å²) in [5.74, 6) is -2.41. The quantitative estimate of drug-likeness (QED) is 0.475. The molecule has 1 saturated heterocycles. The second kappa shape index (κ2) is 4.04. The highest BCUT2D eigenvalue weighted by molar-refractivity contribution is 5.94. The summed E-state index contributed by atoms with van der Waals surface area (Å²) in [5, 5.41) is 16.9. The van der Waals surface area contributed by atoms with Crippen molar-refractivity contribution in [3.8, 4) is 0 Å². The fraction of sp³-hybridized carbons (Fsp3) is 0.500. The number of carboxylic acid groups (broad SMARTS) is 2. The first-order valence-electron chi connectivity index (χ1n) is 3.88. The Morgan fingerprint density at radius 1 is 1.46 bits per heavy atom. The molecule has 0 bridgehead atoms. The van der Waals surface area contributed by atoms with E-state index in [2.05, 4.69) is 0 Å². The molecule has 1 unspecified atom stereocenters. The topological polar surface area (TPSA) is 87.1 Å². The van der Waals surface area contributed by atoms with Gasteiger partial charge in [0.15, 0.2) is 0 Å². The number of ether oxygens (including phenoxy) is 1. The molecule has 0 aromatic rings. The number of rotatable bonds is 5. The largest absolute Gasteiger partial charge is 0.478 e. The Kier molecular flexibility index (Phi) is 3.02. The summed E-state index contributed by atoms with van der Waals surface area (Å²) in [6.07, 6.45) is 1.67. The highest BCUT2D eigenvalue weighted by atomic mass is 16.6. The Balaban J connectivity index is 2.45. The fourth-order valence-electron chi connectivity index (χ4n) is 0.941. The smallest absolute Gasteiger partial charge is 0.331 e. The van der Waals surface area contributed by atoms with Crippen LogP contribution in [0.2, 0.25) is 0 Å². The van der Waals surface area contributed by atoms with Gasteiger partial charge in [0.2, 0.25) is 0 Å². The van der Waals surface area contributed by atoms with Crippen molar-refractivity contribution in [2.24, 2.45) is 0 Å². The molecule has 1 fully saturated rings. The Labute approximate surface area is 74.6 Å². The summed E-state index contributed by atoms with van der Waals surface area (Å²) in [5.41, 5.74) is -0.0806. The van der Waals surface area contributed by atoms with E-state index >= 15 is 0 Å². The highest BCUT2D eigenvalue weighted by Gasteiger charge is 2.23. The van der Waals surface area contributed by atoms with E-state index in [-0.39, 0.29) is 18.1 Å². The lowest BCUT2D eigenvalue weighted by Crippen LogP contribution is -2.05. The van der Waals surface area contributed by atoms with E-state index in [1.165, 1.54) is 0 Å². The van der Waals surface area contributed by atoms with Gasteiger partial charge in [0, 0.05) is 11.6 Å². The summed E-state index contributed by atoms with van der Waals surface area (Å²) in [6, 6.07) is 0. The number of epoxide rings is 1. The van der Waals surface area contributed by atoms with E-state index in [1.54, 1.807) is 0 Å². The third-order valence-corrected chi connectivity index (χ3v) is 1.71. The number of hydrogen-bond acceptors (Lipinski definition) is 3. The second-order valence-corrected chi connectivity index (χ2v) is 2.81. The molecule has 0 saturated carbocycles. The molecule has 1 atom stereocenters. The van der Waals surface area contributed by atoms with Crippen LogP contribution in [0.25, 0.3) is 0 Å². The average Bonchev–Trinajstić information content (AvgIpc) is 2.79. The van der Waals surface area contributed by atoms with Gasteiger partial charge in [-0.1, -0.05) is 0 Å². The van der Waals surface area contributed by atoms with E-state index in [1.807, 2.05) is 0 Å². The van der Waals surface area contributed by atoms with Crippen molar-refractivity contribution < 1.29 is 24.5 Å². The van der Waals surface area contributed by atoms with E-state index < -0.39 is 11.9 Å². The summed E-state index contributed by atoms with van der Waals surface area (Å²) >= 11 is 0. The van der Waals surface area contributed by atoms with Crippen molar-refractivity contribution in [2.75, 3.05) is 6.61 Å². The van der Waals surface area contributed by atoms with Crippen LogP contribution in [0.3, 0.4) is 0 Å². The Hall–Kier alpha value is -1.36. The Morgan fingerprint density at radius 3 is 2.46 bits per heavy atom. The second-order valence-electron chi connectivity index (χ2n) is 2.81. The van der Waals surface area contributed by atoms with Gasteiger partial charge in [0.25, 0.3) is 0 Å². The van der Waals surface area contributed by atoms with Gasteiger partial charge in [0.1, 0.15) is 0 Å². The summed E-state index contributed by atoms with van der Waals surface area (Å²) < 4.78 is 4.88. The molecule has 1 rings (SSSR count). The van der Waals surface area contributed by atoms with Gasteiger partial charge < -0.3 is 14.9 Å². The number of carboxylic acids is 2. The van der Waals surface area contributed by atoms with Gasteiger partial charge in [-0.25, -0.2) is 9.59 Å². The summed E-state index contributed by atoms with van der Waals surface area (Å²) in [6.45, 7) is 0.653. The van der Waals surface area contributed by atoms with Crippen molar-refractivity contribution in [3.63, 3.8) is 0 Å². The number of carbonyl (C=O) groups is 2. The minimum atomic E-state index is -1.23. The van der Waals surface area contributed by atoms with Crippen LogP contribution in [0.15, 0.2) is 11.6 Å². The van der Waals surface area contributed by atoms with Gasteiger partial charge >= 0.3 is 11.9 Å². The standard InChI is InChI=1S/C8H10O5/c9-7(10)3-5(8(11)12)1-2-6-4-13-6/h3,6H,1-2,4H2,(H,9,10)(H,11,12). The number of aliphatic carboxylic acids is 2. The van der Waals surface area contributed by atoms with Gasteiger partial charge in [-0.15, -0.1) is 0 Å². The molecular formula is C8H10O5. The monoisotopic (exact) mass is 186 g/mol. The molecule has 0 radical (unpaired) electrons. The molecule has 1 aliphatic rings. The first-order chi connectivity index (χ1) is 6.09. The fourth-order valence-corrected chi connectivity index (χ4v) is 0.941. The Bertz CT molecular complexity index is 251. The van der Waals surface area contributed by atoms with Gasteiger partial charge in [-0.3, -0.25) is 0 Å². The lowest BCUT2D eigenvalue weighted by Gasteiger charge is -1.97. The van der Waals surface area contributed by atoms with Crippen LogP contribution in [-0.2, 0) is 14.3 Å². The van der Waals surface area contributed by atoms with E-state index in [4.69, 9.17) is 14.9 Å². The van der Waals surface area contributed by atoms with Crippen LogP contribution in [0, 0.1) is 0 Å². The summed E-state index contributed by atoms with van der Waals surface area (Å²) in [4.78, 5) is 20.7. The van der Waals surface area contributed by atoms with Crippen LogP contribution < -0.4 is 0 Å². The predicted molar refractivity (Wildman–Crippen MR) is 42.3 cm³/mol. The minimum absolute atomic E-state index is 0.0806. The van der Waals surface area contributed by atoms with Crippen molar-refractivity contribution in [1.82, 2.24) is 0 Å². The molecule has 1 heterocycles. The van der Waals surface area contributed by atoms with Crippen molar-refractivity contribution >= 4 is 11.9 Å². The lowest BCUT2D eigenvalue weighted by molar-refractivity contribution is -0.135. The van der Waals surface area contributed by atoms with Crippen LogP contribution in [0.5, 0.6) is 0 Å². The molecule has 0 spiro atoms. The lowest BCUT2D eigenvalue weighted by atomic mass is 10.1. The Morgan fingerprint density at radius 2 is 2.08 bits per heavy atom. The molecule has 5 nitrogen and oxygen atoms in total.